The van der Waals surface area contributed by atoms with Crippen LogP contribution in [0, 0.1) is 24.4 Å². The fourth-order valence-corrected chi connectivity index (χ4v) is 1.54. The van der Waals surface area contributed by atoms with E-state index in [-0.39, 0.29) is 16.5 Å². The summed E-state index contributed by atoms with van der Waals surface area (Å²) in [7, 11) is 0. The van der Waals surface area contributed by atoms with Gasteiger partial charge in [-0.15, -0.1) is 0 Å². The first-order valence-corrected chi connectivity index (χ1v) is 5.43. The topological polar surface area (TPSA) is 9.23 Å². The second-order valence-corrected chi connectivity index (χ2v) is 4.12. The summed E-state index contributed by atoms with van der Waals surface area (Å²) in [6, 6.07) is 5.79. The zero-order chi connectivity index (χ0) is 13.3. The normalized spacial score (nSPS) is 10.5. The van der Waals surface area contributed by atoms with Gasteiger partial charge in [-0.3, -0.25) is 0 Å². The Morgan fingerprint density at radius 3 is 2.28 bits per heavy atom. The van der Waals surface area contributed by atoms with Crippen molar-refractivity contribution in [3.8, 4) is 11.5 Å². The molecule has 2 aromatic carbocycles. The molecule has 0 aromatic heterocycles. The molecule has 2 aromatic rings. The Morgan fingerprint density at radius 1 is 0.944 bits per heavy atom. The Bertz CT molecular complexity index is 599. The predicted molar refractivity (Wildman–Crippen MR) is 62.6 cm³/mol. The quantitative estimate of drug-likeness (QED) is 0.710. The zero-order valence-corrected chi connectivity index (χ0v) is 10.1. The molecule has 0 N–H and O–H groups in total. The summed E-state index contributed by atoms with van der Waals surface area (Å²) in [4.78, 5) is 0. The van der Waals surface area contributed by atoms with Crippen molar-refractivity contribution in [2.75, 3.05) is 0 Å². The van der Waals surface area contributed by atoms with Gasteiger partial charge < -0.3 is 4.74 Å². The second-order valence-electron chi connectivity index (χ2n) is 3.71. The molecule has 0 unspecified atom stereocenters. The highest BCUT2D eigenvalue weighted by molar-refractivity contribution is 6.32. The van der Waals surface area contributed by atoms with Crippen molar-refractivity contribution in [2.45, 2.75) is 6.92 Å². The molecule has 0 bridgehead atoms. The zero-order valence-electron chi connectivity index (χ0n) is 9.31. The Morgan fingerprint density at radius 2 is 1.61 bits per heavy atom. The summed E-state index contributed by atoms with van der Waals surface area (Å²) < 4.78 is 44.3. The van der Waals surface area contributed by atoms with E-state index in [0.29, 0.717) is 5.56 Å². The van der Waals surface area contributed by atoms with E-state index in [9.17, 15) is 13.2 Å². The van der Waals surface area contributed by atoms with Crippen molar-refractivity contribution in [3.63, 3.8) is 0 Å². The lowest BCUT2D eigenvalue weighted by Gasteiger charge is -2.08. The third-order valence-corrected chi connectivity index (χ3v) is 2.64. The minimum atomic E-state index is -1.08. The minimum absolute atomic E-state index is 0.0705. The number of aryl methyl sites for hydroxylation is 1. The van der Waals surface area contributed by atoms with Gasteiger partial charge in [-0.1, -0.05) is 17.7 Å². The maximum Gasteiger partial charge on any atom is 0.162 e. The van der Waals surface area contributed by atoms with Crippen LogP contribution in [0.3, 0.4) is 0 Å². The van der Waals surface area contributed by atoms with Crippen molar-refractivity contribution < 1.29 is 17.9 Å². The first-order chi connectivity index (χ1) is 8.47. The average molecular weight is 273 g/mol. The van der Waals surface area contributed by atoms with E-state index in [4.69, 9.17) is 16.3 Å². The molecular formula is C13H8ClF3O. The highest BCUT2D eigenvalue weighted by Gasteiger charge is 2.11. The van der Waals surface area contributed by atoms with Gasteiger partial charge in [0.25, 0.3) is 0 Å². The molecule has 0 amide bonds. The van der Waals surface area contributed by atoms with Crippen LogP contribution < -0.4 is 4.74 Å². The van der Waals surface area contributed by atoms with Crippen LogP contribution in [0.4, 0.5) is 13.2 Å². The monoisotopic (exact) mass is 272 g/mol. The highest BCUT2D eigenvalue weighted by Crippen LogP contribution is 2.31. The Hall–Kier alpha value is -1.68. The van der Waals surface area contributed by atoms with E-state index >= 15 is 0 Å². The van der Waals surface area contributed by atoms with Crippen molar-refractivity contribution in [1.82, 2.24) is 0 Å². The molecule has 5 heteroatoms. The molecule has 18 heavy (non-hydrogen) atoms. The maximum absolute atomic E-state index is 13.3. The number of hydrogen-bond donors (Lipinski definition) is 0. The van der Waals surface area contributed by atoms with Crippen LogP contribution in [0.25, 0.3) is 0 Å². The SMILES string of the molecule is Cc1ccc(Oc2cc(F)c(F)cc2Cl)cc1F. The fourth-order valence-electron chi connectivity index (χ4n) is 1.35. The molecule has 0 saturated heterocycles. The fraction of sp³-hybridized carbons (Fsp3) is 0.0769. The number of rotatable bonds is 2. The molecule has 0 aliphatic heterocycles. The van der Waals surface area contributed by atoms with Crippen LogP contribution in [-0.2, 0) is 0 Å². The van der Waals surface area contributed by atoms with Gasteiger partial charge >= 0.3 is 0 Å². The summed E-state index contributed by atoms with van der Waals surface area (Å²) >= 11 is 5.70. The van der Waals surface area contributed by atoms with Gasteiger partial charge in [-0.25, -0.2) is 13.2 Å². The first kappa shape index (κ1) is 12.8. The van der Waals surface area contributed by atoms with E-state index in [1.807, 2.05) is 0 Å². The van der Waals surface area contributed by atoms with Crippen molar-refractivity contribution in [2.24, 2.45) is 0 Å². The molecule has 0 atom stereocenters. The lowest BCUT2D eigenvalue weighted by molar-refractivity contribution is 0.458. The van der Waals surface area contributed by atoms with Crippen LogP contribution >= 0.6 is 11.6 Å². The Kier molecular flexibility index (Phi) is 3.48. The van der Waals surface area contributed by atoms with Gasteiger partial charge in [-0.2, -0.15) is 0 Å². The molecule has 2 rings (SSSR count). The maximum atomic E-state index is 13.3. The van der Waals surface area contributed by atoms with Gasteiger partial charge in [0.05, 0.1) is 5.02 Å². The number of benzene rings is 2. The van der Waals surface area contributed by atoms with Gasteiger partial charge in [0.1, 0.15) is 17.3 Å². The minimum Gasteiger partial charge on any atom is -0.456 e. The van der Waals surface area contributed by atoms with Crippen LogP contribution in [0.5, 0.6) is 11.5 Å². The molecular weight excluding hydrogens is 265 g/mol. The molecule has 1 nitrogen and oxygen atoms in total. The summed E-state index contributed by atoms with van der Waals surface area (Å²) in [5.41, 5.74) is 0.457. The van der Waals surface area contributed by atoms with Crippen molar-refractivity contribution in [3.05, 3.63) is 58.4 Å². The van der Waals surface area contributed by atoms with E-state index in [1.165, 1.54) is 12.1 Å². The highest BCUT2D eigenvalue weighted by atomic mass is 35.5. The van der Waals surface area contributed by atoms with Gasteiger partial charge in [0, 0.05) is 12.1 Å². The van der Waals surface area contributed by atoms with Crippen molar-refractivity contribution in [1.29, 1.82) is 0 Å². The molecule has 0 radical (unpaired) electrons. The Balaban J connectivity index is 2.34. The number of halogens is 4. The lowest BCUT2D eigenvalue weighted by Crippen LogP contribution is -1.91. The first-order valence-electron chi connectivity index (χ1n) is 5.06. The third kappa shape index (κ3) is 2.59. The van der Waals surface area contributed by atoms with Crippen LogP contribution in [0.1, 0.15) is 5.56 Å². The van der Waals surface area contributed by atoms with Gasteiger partial charge in [0.2, 0.25) is 0 Å². The summed E-state index contributed by atoms with van der Waals surface area (Å²) in [5, 5.41) is -0.0881. The largest absolute Gasteiger partial charge is 0.456 e. The predicted octanol–water partition coefficient (Wildman–Crippen LogP) is 4.86. The van der Waals surface area contributed by atoms with Crippen LogP contribution in [-0.4, -0.2) is 0 Å². The smallest absolute Gasteiger partial charge is 0.162 e. The molecule has 0 aliphatic carbocycles. The molecule has 0 aliphatic rings. The van der Waals surface area contributed by atoms with Gasteiger partial charge in [-0.05, 0) is 24.6 Å². The van der Waals surface area contributed by atoms with Gasteiger partial charge in [0.15, 0.2) is 11.6 Å². The summed E-state index contributed by atoms with van der Waals surface area (Å²) in [6.45, 7) is 1.60. The average Bonchev–Trinajstić information content (AvgIpc) is 2.31. The van der Waals surface area contributed by atoms with E-state index < -0.39 is 17.5 Å². The second kappa shape index (κ2) is 4.90. The molecule has 0 saturated carbocycles. The number of hydrogen-bond acceptors (Lipinski definition) is 1. The standard InChI is InChI=1S/C13H8ClF3O/c1-7-2-3-8(4-10(7)15)18-13-6-12(17)11(16)5-9(13)14/h2-6H,1H3. The van der Waals surface area contributed by atoms with E-state index in [0.717, 1.165) is 18.2 Å². The molecule has 0 heterocycles. The third-order valence-electron chi connectivity index (χ3n) is 2.35. The lowest BCUT2D eigenvalue weighted by atomic mass is 10.2. The summed E-state index contributed by atoms with van der Waals surface area (Å²) in [5.74, 6) is -2.51. The summed E-state index contributed by atoms with van der Waals surface area (Å²) in [6.07, 6.45) is 0. The van der Waals surface area contributed by atoms with Crippen LogP contribution in [0.15, 0.2) is 30.3 Å². The van der Waals surface area contributed by atoms with Crippen LogP contribution in [0.2, 0.25) is 5.02 Å². The van der Waals surface area contributed by atoms with E-state index in [1.54, 1.807) is 6.92 Å². The number of ether oxygens (including phenoxy) is 1. The van der Waals surface area contributed by atoms with Crippen molar-refractivity contribution >= 4 is 11.6 Å². The van der Waals surface area contributed by atoms with E-state index in [2.05, 4.69) is 0 Å². The molecule has 94 valence electrons. The Labute approximate surface area is 107 Å². The molecule has 0 spiro atoms. The molecule has 0 fully saturated rings.